The van der Waals surface area contributed by atoms with Gasteiger partial charge >= 0.3 is 0 Å². The number of aromatic nitrogens is 2. The van der Waals surface area contributed by atoms with E-state index in [1.165, 1.54) is 0 Å². The van der Waals surface area contributed by atoms with Crippen LogP contribution in [0.3, 0.4) is 0 Å². The van der Waals surface area contributed by atoms with Gasteiger partial charge in [-0.3, -0.25) is 9.48 Å². The summed E-state index contributed by atoms with van der Waals surface area (Å²) >= 11 is 3.39. The number of hydrogen-bond donors (Lipinski definition) is 0. The van der Waals surface area contributed by atoms with Gasteiger partial charge in [-0.05, 0) is 36.7 Å². The van der Waals surface area contributed by atoms with Gasteiger partial charge in [0, 0.05) is 25.8 Å². The molecular weight excluding hydrogens is 298 g/mol. The summed E-state index contributed by atoms with van der Waals surface area (Å²) in [6.07, 6.45) is 1.98. The van der Waals surface area contributed by atoms with Crippen molar-refractivity contribution in [3.8, 4) is 0 Å². The molecule has 2 rings (SSSR count). The topological polar surface area (TPSA) is 47.4 Å². The fourth-order valence-electron chi connectivity index (χ4n) is 2.20. The van der Waals surface area contributed by atoms with Crippen LogP contribution in [-0.2, 0) is 11.3 Å². The van der Waals surface area contributed by atoms with Crippen molar-refractivity contribution in [3.63, 3.8) is 0 Å². The van der Waals surface area contributed by atoms with Crippen molar-refractivity contribution in [1.82, 2.24) is 14.7 Å². The van der Waals surface area contributed by atoms with Crippen LogP contribution in [0.2, 0.25) is 0 Å². The minimum Gasteiger partial charge on any atom is -0.372 e. The lowest BCUT2D eigenvalue weighted by molar-refractivity contribution is -0.0587. The lowest BCUT2D eigenvalue weighted by Gasteiger charge is -2.34. The Balaban J connectivity index is 2.17. The highest BCUT2D eigenvalue weighted by atomic mass is 79.9. The van der Waals surface area contributed by atoms with Crippen LogP contribution in [0.25, 0.3) is 0 Å². The highest BCUT2D eigenvalue weighted by Gasteiger charge is 2.29. The number of nitrogens with zero attached hydrogens (tertiary/aromatic N) is 3. The van der Waals surface area contributed by atoms with Crippen molar-refractivity contribution in [1.29, 1.82) is 0 Å². The molecule has 0 unspecified atom stereocenters. The summed E-state index contributed by atoms with van der Waals surface area (Å²) in [4.78, 5) is 14.2. The van der Waals surface area contributed by atoms with Gasteiger partial charge < -0.3 is 9.64 Å². The fraction of sp³-hybridized carbons (Fsp3) is 0.667. The third-order valence-corrected chi connectivity index (χ3v) is 3.53. The van der Waals surface area contributed by atoms with Crippen LogP contribution < -0.4 is 0 Å². The molecule has 0 bridgehead atoms. The van der Waals surface area contributed by atoms with Gasteiger partial charge in [-0.25, -0.2) is 0 Å². The van der Waals surface area contributed by atoms with E-state index in [4.69, 9.17) is 4.74 Å². The summed E-state index contributed by atoms with van der Waals surface area (Å²) in [5, 5.41) is 4.29. The second kappa shape index (κ2) is 5.40. The molecule has 18 heavy (non-hydrogen) atoms. The molecule has 0 N–H and O–H groups in total. The van der Waals surface area contributed by atoms with Crippen LogP contribution in [-0.4, -0.2) is 45.9 Å². The number of rotatable bonds is 2. The molecular formula is C12H18BrN3O2. The van der Waals surface area contributed by atoms with Crippen molar-refractivity contribution in [3.05, 3.63) is 16.4 Å². The quantitative estimate of drug-likeness (QED) is 0.837. The van der Waals surface area contributed by atoms with Crippen LogP contribution in [0.4, 0.5) is 0 Å². The van der Waals surface area contributed by atoms with E-state index in [1.54, 1.807) is 4.68 Å². The molecule has 0 spiro atoms. The predicted molar refractivity (Wildman–Crippen MR) is 71.5 cm³/mol. The zero-order valence-electron chi connectivity index (χ0n) is 10.9. The molecule has 100 valence electrons. The lowest BCUT2D eigenvalue weighted by Crippen LogP contribution is -2.48. The zero-order chi connectivity index (χ0) is 13.3. The number of carbonyl (C=O) groups excluding carboxylic acids is 1. The third kappa shape index (κ3) is 2.75. The summed E-state index contributed by atoms with van der Waals surface area (Å²) in [5.74, 6) is -0.0314. The Labute approximate surface area is 115 Å². The standard InChI is InChI=1S/C12H18BrN3O2/c1-4-16-7-10(13)11(14-16)12(17)15-5-8(2)18-9(3)6-15/h7-9H,4-6H2,1-3H3/t8-,9+. The molecule has 5 nitrogen and oxygen atoms in total. The second-order valence-electron chi connectivity index (χ2n) is 4.65. The molecule has 0 radical (unpaired) electrons. The molecule has 6 heteroatoms. The molecule has 1 aromatic heterocycles. The van der Waals surface area contributed by atoms with Crippen molar-refractivity contribution < 1.29 is 9.53 Å². The maximum Gasteiger partial charge on any atom is 0.275 e. The lowest BCUT2D eigenvalue weighted by atomic mass is 10.2. The van der Waals surface area contributed by atoms with Gasteiger partial charge in [0.1, 0.15) is 0 Å². The van der Waals surface area contributed by atoms with E-state index in [-0.39, 0.29) is 18.1 Å². The van der Waals surface area contributed by atoms with E-state index < -0.39 is 0 Å². The molecule has 0 saturated carbocycles. The van der Waals surface area contributed by atoms with E-state index >= 15 is 0 Å². The Morgan fingerprint density at radius 2 is 2.11 bits per heavy atom. The van der Waals surface area contributed by atoms with Crippen molar-refractivity contribution >= 4 is 21.8 Å². The highest BCUT2D eigenvalue weighted by Crippen LogP contribution is 2.19. The van der Waals surface area contributed by atoms with E-state index in [9.17, 15) is 4.79 Å². The maximum atomic E-state index is 12.4. The third-order valence-electron chi connectivity index (χ3n) is 2.95. The molecule has 1 aromatic rings. The van der Waals surface area contributed by atoms with Gasteiger partial charge in [-0.1, -0.05) is 0 Å². The summed E-state index contributed by atoms with van der Waals surface area (Å²) in [6.45, 7) is 7.95. The Morgan fingerprint density at radius 3 is 2.61 bits per heavy atom. The number of morpholine rings is 1. The van der Waals surface area contributed by atoms with Crippen molar-refractivity contribution in [2.75, 3.05) is 13.1 Å². The first kappa shape index (κ1) is 13.5. The van der Waals surface area contributed by atoms with Gasteiger partial charge in [0.05, 0.1) is 16.7 Å². The second-order valence-corrected chi connectivity index (χ2v) is 5.50. The normalized spacial score (nSPS) is 24.3. The molecule has 1 aliphatic rings. The maximum absolute atomic E-state index is 12.4. The molecule has 2 atom stereocenters. The zero-order valence-corrected chi connectivity index (χ0v) is 12.5. The highest BCUT2D eigenvalue weighted by molar-refractivity contribution is 9.10. The Morgan fingerprint density at radius 1 is 1.50 bits per heavy atom. The van der Waals surface area contributed by atoms with Crippen LogP contribution in [0.15, 0.2) is 10.7 Å². The average molecular weight is 316 g/mol. The van der Waals surface area contributed by atoms with E-state index in [0.29, 0.717) is 18.8 Å². The molecule has 1 amide bonds. The first-order valence-electron chi connectivity index (χ1n) is 6.19. The van der Waals surface area contributed by atoms with E-state index in [0.717, 1.165) is 11.0 Å². The fourth-order valence-corrected chi connectivity index (χ4v) is 2.68. The van der Waals surface area contributed by atoms with E-state index in [2.05, 4.69) is 21.0 Å². The Bertz CT molecular complexity index is 437. The minimum absolute atomic E-state index is 0.0314. The van der Waals surface area contributed by atoms with Crippen molar-refractivity contribution in [2.24, 2.45) is 0 Å². The van der Waals surface area contributed by atoms with Crippen LogP contribution in [0.1, 0.15) is 31.3 Å². The first-order chi connectivity index (χ1) is 8.51. The van der Waals surface area contributed by atoms with Crippen molar-refractivity contribution in [2.45, 2.75) is 39.5 Å². The smallest absolute Gasteiger partial charge is 0.275 e. The van der Waals surface area contributed by atoms with Crippen LogP contribution in [0.5, 0.6) is 0 Å². The number of halogens is 1. The Hall–Kier alpha value is -0.880. The van der Waals surface area contributed by atoms with Gasteiger partial charge in [0.25, 0.3) is 5.91 Å². The minimum atomic E-state index is -0.0314. The molecule has 1 saturated heterocycles. The SMILES string of the molecule is CCn1cc(Br)c(C(=O)N2C[C@@H](C)O[C@@H](C)C2)n1. The molecule has 1 fully saturated rings. The van der Waals surface area contributed by atoms with Gasteiger partial charge in [-0.15, -0.1) is 0 Å². The van der Waals surface area contributed by atoms with E-state index in [1.807, 2.05) is 31.9 Å². The monoisotopic (exact) mass is 315 g/mol. The number of carbonyl (C=O) groups is 1. The first-order valence-corrected chi connectivity index (χ1v) is 6.98. The van der Waals surface area contributed by atoms with Gasteiger partial charge in [-0.2, -0.15) is 5.10 Å². The Kier molecular flexibility index (Phi) is 4.07. The summed E-state index contributed by atoms with van der Waals surface area (Å²) < 4.78 is 8.13. The number of hydrogen-bond acceptors (Lipinski definition) is 3. The number of amides is 1. The largest absolute Gasteiger partial charge is 0.372 e. The molecule has 0 aromatic carbocycles. The molecule has 2 heterocycles. The van der Waals surface area contributed by atoms with Crippen LogP contribution in [0, 0.1) is 0 Å². The van der Waals surface area contributed by atoms with Gasteiger partial charge in [0.2, 0.25) is 0 Å². The predicted octanol–water partition coefficient (Wildman–Crippen LogP) is 1.91. The molecule has 0 aliphatic carbocycles. The summed E-state index contributed by atoms with van der Waals surface area (Å²) in [5.41, 5.74) is 0.484. The number of aryl methyl sites for hydroxylation is 1. The molecule has 1 aliphatic heterocycles. The van der Waals surface area contributed by atoms with Gasteiger partial charge in [0.15, 0.2) is 5.69 Å². The summed E-state index contributed by atoms with van der Waals surface area (Å²) in [7, 11) is 0. The summed E-state index contributed by atoms with van der Waals surface area (Å²) in [6, 6.07) is 0. The number of ether oxygens (including phenoxy) is 1. The van der Waals surface area contributed by atoms with Crippen LogP contribution >= 0.6 is 15.9 Å². The average Bonchev–Trinajstić information content (AvgIpc) is 2.68.